The lowest BCUT2D eigenvalue weighted by Gasteiger charge is -2.32. The predicted octanol–water partition coefficient (Wildman–Crippen LogP) is 7.90. The molecule has 0 spiro atoms. The summed E-state index contributed by atoms with van der Waals surface area (Å²) < 4.78 is 84.3. The maximum Gasteiger partial charge on any atom is 0.408 e. The van der Waals surface area contributed by atoms with Crippen molar-refractivity contribution >= 4 is 47.0 Å². The van der Waals surface area contributed by atoms with Gasteiger partial charge < -0.3 is 28.3 Å². The Kier molecular flexibility index (Phi) is 13.3. The molecular formula is C41H40BClF4N6O6S. The number of likely N-dealkylation sites (N-methyl/N-ethyl adjacent to an activating group) is 1. The predicted molar refractivity (Wildman–Crippen MR) is 218 cm³/mol. The molecule has 1 aliphatic rings. The first-order chi connectivity index (χ1) is 28.8. The molecule has 0 bridgehead atoms. The van der Waals surface area contributed by atoms with Gasteiger partial charge in [-0.1, -0.05) is 35.9 Å². The van der Waals surface area contributed by atoms with Crippen molar-refractivity contribution in [1.82, 2.24) is 29.5 Å². The van der Waals surface area contributed by atoms with Crippen molar-refractivity contribution in [2.24, 2.45) is 0 Å². The molecule has 19 heteroatoms. The van der Waals surface area contributed by atoms with Crippen LogP contribution in [-0.4, -0.2) is 109 Å². The summed E-state index contributed by atoms with van der Waals surface area (Å²) in [6.45, 7) is 6.90. The van der Waals surface area contributed by atoms with Crippen molar-refractivity contribution in [2.75, 3.05) is 53.0 Å². The number of hydrogen-bond acceptors (Lipinski definition) is 12. The van der Waals surface area contributed by atoms with Crippen LogP contribution in [0.3, 0.4) is 0 Å². The number of benzene rings is 2. The van der Waals surface area contributed by atoms with Gasteiger partial charge in [0.25, 0.3) is 6.01 Å². The third-order valence-corrected chi connectivity index (χ3v) is 11.6. The second-order valence-corrected chi connectivity index (χ2v) is 15.4. The average Bonchev–Trinajstić information content (AvgIpc) is 3.96. The van der Waals surface area contributed by atoms with Crippen LogP contribution in [0.5, 0.6) is 17.4 Å². The molecule has 2 atom stereocenters. The van der Waals surface area contributed by atoms with Gasteiger partial charge in [-0.2, -0.15) is 22.7 Å². The molecule has 6 aromatic rings. The highest BCUT2D eigenvalue weighted by molar-refractivity contribution is 7.22. The monoisotopic (exact) mass is 866 g/mol. The molecule has 0 amide bonds. The number of piperazine rings is 1. The van der Waals surface area contributed by atoms with Gasteiger partial charge in [-0.05, 0) is 67.7 Å². The topological polar surface area (TPSA) is 117 Å². The van der Waals surface area contributed by atoms with E-state index < -0.39 is 36.6 Å². The standard InChI is InChI=1S/C41H40BClF4N6O6S/c1-4-55-40(54)36(34(42)27-7-5-6-8-28(27)57-21-25-13-14-50-53(25)22-41(45,46)47)59-38-33-32(37(30-11-12-31(44)58-30)60-39(33)49-23-48-38)26-9-10-29(35(43)24(26)2)56-20-19-52-17-15-51(3)16-18-52/h5-14,23,34,36H,4,15-22H2,1-3H3/t34-,36+/m1/s1. The zero-order chi connectivity index (χ0) is 42.6. The Morgan fingerprint density at radius 1 is 1.03 bits per heavy atom. The van der Waals surface area contributed by atoms with Gasteiger partial charge in [-0.25, -0.2) is 14.8 Å². The number of carbonyl (C=O) groups is 1. The van der Waals surface area contributed by atoms with E-state index in [0.29, 0.717) is 54.7 Å². The van der Waals surface area contributed by atoms with Gasteiger partial charge in [0.2, 0.25) is 5.88 Å². The minimum Gasteiger partial charge on any atom is -0.491 e. The number of fused-ring (bicyclic) bond motifs is 1. The minimum atomic E-state index is -4.50. The number of halogens is 5. The molecule has 0 N–H and O–H groups in total. The van der Waals surface area contributed by atoms with Crippen molar-refractivity contribution in [3.05, 3.63) is 95.0 Å². The summed E-state index contributed by atoms with van der Waals surface area (Å²) in [5.74, 6) is -1.23. The molecule has 0 saturated carbocycles. The van der Waals surface area contributed by atoms with Crippen LogP contribution in [0.15, 0.2) is 71.5 Å². The van der Waals surface area contributed by atoms with Crippen LogP contribution in [0.1, 0.15) is 29.6 Å². The van der Waals surface area contributed by atoms with Crippen LogP contribution >= 0.6 is 22.9 Å². The lowest BCUT2D eigenvalue weighted by molar-refractivity contribution is -0.151. The van der Waals surface area contributed by atoms with E-state index in [2.05, 4.69) is 31.9 Å². The second kappa shape index (κ2) is 18.6. The number of esters is 1. The van der Waals surface area contributed by atoms with Crippen molar-refractivity contribution in [2.45, 2.75) is 45.1 Å². The molecule has 2 radical (unpaired) electrons. The van der Waals surface area contributed by atoms with Crippen LogP contribution in [0.2, 0.25) is 5.02 Å². The average molecular weight is 867 g/mol. The number of alkyl halides is 3. The van der Waals surface area contributed by atoms with Crippen LogP contribution in [-0.2, 0) is 22.7 Å². The van der Waals surface area contributed by atoms with Crippen LogP contribution in [0, 0.1) is 12.9 Å². The van der Waals surface area contributed by atoms with E-state index in [-0.39, 0.29) is 36.3 Å². The molecule has 60 heavy (non-hydrogen) atoms. The fourth-order valence-corrected chi connectivity index (χ4v) is 8.20. The zero-order valence-electron chi connectivity index (χ0n) is 32.9. The summed E-state index contributed by atoms with van der Waals surface area (Å²) in [5.41, 5.74) is 2.21. The van der Waals surface area contributed by atoms with Crippen molar-refractivity contribution < 1.29 is 45.7 Å². The van der Waals surface area contributed by atoms with E-state index in [0.717, 1.165) is 37.4 Å². The fraction of sp³-hybridized carbons (Fsp3) is 0.366. The molecular weight excluding hydrogens is 827 g/mol. The third-order valence-electron chi connectivity index (χ3n) is 10.0. The molecule has 1 aliphatic heterocycles. The maximum absolute atomic E-state index is 14.4. The van der Waals surface area contributed by atoms with E-state index in [1.165, 1.54) is 42.1 Å². The first kappa shape index (κ1) is 42.9. The smallest absolute Gasteiger partial charge is 0.408 e. The lowest BCUT2D eigenvalue weighted by atomic mass is 9.76. The summed E-state index contributed by atoms with van der Waals surface area (Å²) in [6.07, 6.45) is -3.52. The highest BCUT2D eigenvalue weighted by atomic mass is 35.5. The Balaban J connectivity index is 1.23. The number of rotatable bonds is 16. The molecule has 1 fully saturated rings. The summed E-state index contributed by atoms with van der Waals surface area (Å²) in [6, 6.07) is 13.4. The van der Waals surface area contributed by atoms with Crippen molar-refractivity contribution in [1.29, 1.82) is 0 Å². The van der Waals surface area contributed by atoms with Gasteiger partial charge in [0, 0.05) is 50.6 Å². The summed E-state index contributed by atoms with van der Waals surface area (Å²) in [5, 5.41) is 4.50. The molecule has 0 unspecified atom stereocenters. The van der Waals surface area contributed by atoms with E-state index >= 15 is 0 Å². The Labute approximate surface area is 353 Å². The molecule has 12 nitrogen and oxygen atoms in total. The number of hydrogen-bond donors (Lipinski definition) is 0. The molecule has 2 aromatic carbocycles. The van der Waals surface area contributed by atoms with Gasteiger partial charge in [-0.3, -0.25) is 9.58 Å². The molecule has 7 rings (SSSR count). The third kappa shape index (κ3) is 9.72. The molecule has 1 saturated heterocycles. The van der Waals surface area contributed by atoms with Gasteiger partial charge in [0.05, 0.1) is 35.4 Å². The van der Waals surface area contributed by atoms with Crippen LogP contribution in [0.4, 0.5) is 17.6 Å². The molecule has 0 aliphatic carbocycles. The number of ether oxygens (including phenoxy) is 4. The number of aromatic nitrogens is 4. The molecule has 314 valence electrons. The quantitative estimate of drug-likeness (QED) is 0.0537. The van der Waals surface area contributed by atoms with E-state index in [1.54, 1.807) is 37.3 Å². The first-order valence-corrected chi connectivity index (χ1v) is 20.2. The van der Waals surface area contributed by atoms with Crippen molar-refractivity contribution in [3.8, 4) is 39.1 Å². The van der Waals surface area contributed by atoms with Crippen molar-refractivity contribution in [3.63, 3.8) is 0 Å². The van der Waals surface area contributed by atoms with E-state index in [1.807, 2.05) is 13.0 Å². The van der Waals surface area contributed by atoms with E-state index in [9.17, 15) is 22.4 Å². The zero-order valence-corrected chi connectivity index (χ0v) is 34.5. The Hall–Kier alpha value is -5.17. The van der Waals surface area contributed by atoms with E-state index in [4.69, 9.17) is 42.8 Å². The number of furan rings is 1. The summed E-state index contributed by atoms with van der Waals surface area (Å²) in [4.78, 5) is 28.2. The maximum atomic E-state index is 14.4. The summed E-state index contributed by atoms with van der Waals surface area (Å²) >= 11 is 8.19. The molecule has 5 heterocycles. The van der Waals surface area contributed by atoms with Gasteiger partial charge in [0.15, 0.2) is 6.10 Å². The minimum absolute atomic E-state index is 0.00860. The van der Waals surface area contributed by atoms with Crippen LogP contribution < -0.4 is 14.2 Å². The summed E-state index contributed by atoms with van der Waals surface area (Å²) in [7, 11) is 8.92. The van der Waals surface area contributed by atoms with Crippen LogP contribution in [0.25, 0.3) is 32.0 Å². The largest absolute Gasteiger partial charge is 0.491 e. The fourth-order valence-electron chi connectivity index (χ4n) is 6.87. The highest BCUT2D eigenvalue weighted by Crippen LogP contribution is 2.50. The Morgan fingerprint density at radius 3 is 2.55 bits per heavy atom. The second-order valence-electron chi connectivity index (χ2n) is 14.1. The van der Waals surface area contributed by atoms with Gasteiger partial charge in [0.1, 0.15) is 48.2 Å². The SMILES string of the molecule is [B][C@H](c1ccccc1OCc1ccnn1CC(F)(F)F)[C@H](Oc1ncnc2sc(-c3ccc(F)o3)c(-c3ccc(OCCN4CCN(C)CC4)c(Cl)c3C)c12)C(=O)OCC. The lowest BCUT2D eigenvalue weighted by Crippen LogP contribution is -2.45. The first-order valence-electron chi connectivity index (χ1n) is 19.1. The number of nitrogens with zero attached hydrogens (tertiary/aromatic N) is 6. The normalized spacial score (nSPS) is 14.9. The van der Waals surface area contributed by atoms with Gasteiger partial charge >= 0.3 is 12.1 Å². The Bertz CT molecular complexity index is 2440. The highest BCUT2D eigenvalue weighted by Gasteiger charge is 2.34. The molecule has 4 aromatic heterocycles. The Morgan fingerprint density at radius 2 is 1.82 bits per heavy atom. The number of thiophene rings is 1. The van der Waals surface area contributed by atoms with Gasteiger partial charge in [-0.15, -0.1) is 11.3 Å². The number of carbonyl (C=O) groups excluding carboxylic acids is 1. The number of para-hydroxylation sites is 1.